The second-order valence-electron chi connectivity index (χ2n) is 6.45. The molecule has 1 aromatic carbocycles. The minimum atomic E-state index is -0.0750. The molecule has 116 valence electrons. The molecule has 1 amide bonds. The lowest BCUT2D eigenvalue weighted by Crippen LogP contribution is -2.36. The standard InChI is InChI=1S/C17H26N2OS/c1-11(2)10-19-16(18-15(12(3)4)17(19)20)13-6-8-14(21-5)9-7-13/h6-9,11-12,15-16,18H,10H2,1-5H3. The zero-order valence-electron chi connectivity index (χ0n) is 13.6. The summed E-state index contributed by atoms with van der Waals surface area (Å²) in [4.78, 5) is 15.9. The third-order valence-corrected chi connectivity index (χ3v) is 4.60. The Morgan fingerprint density at radius 2 is 1.81 bits per heavy atom. The van der Waals surface area contributed by atoms with E-state index < -0.39 is 0 Å². The van der Waals surface area contributed by atoms with Crippen molar-refractivity contribution in [1.29, 1.82) is 0 Å². The lowest BCUT2D eigenvalue weighted by Gasteiger charge is -2.26. The van der Waals surface area contributed by atoms with Gasteiger partial charge in [0.05, 0.1) is 6.04 Å². The Morgan fingerprint density at radius 1 is 1.19 bits per heavy atom. The van der Waals surface area contributed by atoms with Gasteiger partial charge in [0.1, 0.15) is 6.17 Å². The van der Waals surface area contributed by atoms with Crippen molar-refractivity contribution in [3.63, 3.8) is 0 Å². The number of carbonyl (C=O) groups excluding carboxylic acids is 1. The first-order chi connectivity index (χ1) is 9.93. The Balaban J connectivity index is 2.27. The number of rotatable bonds is 5. The Hall–Kier alpha value is -1.00. The van der Waals surface area contributed by atoms with Crippen LogP contribution in [0.25, 0.3) is 0 Å². The first-order valence-corrected chi connectivity index (χ1v) is 8.87. The summed E-state index contributed by atoms with van der Waals surface area (Å²) in [6.45, 7) is 9.31. The Bertz CT molecular complexity index is 484. The highest BCUT2D eigenvalue weighted by Crippen LogP contribution is 2.29. The van der Waals surface area contributed by atoms with Gasteiger partial charge in [-0.25, -0.2) is 0 Å². The molecule has 0 radical (unpaired) electrons. The number of benzene rings is 1. The SMILES string of the molecule is CSc1ccc(C2NC(C(C)C)C(=O)N2CC(C)C)cc1. The molecule has 0 spiro atoms. The average Bonchev–Trinajstić information content (AvgIpc) is 2.76. The number of hydrogen-bond acceptors (Lipinski definition) is 3. The van der Waals surface area contributed by atoms with Crippen molar-refractivity contribution in [2.24, 2.45) is 11.8 Å². The molecule has 1 fully saturated rings. The predicted octanol–water partition coefficient (Wildman–Crippen LogP) is 3.52. The van der Waals surface area contributed by atoms with E-state index >= 15 is 0 Å². The summed E-state index contributed by atoms with van der Waals surface area (Å²) in [5.74, 6) is 1.01. The van der Waals surface area contributed by atoms with Gasteiger partial charge in [0.25, 0.3) is 0 Å². The zero-order valence-corrected chi connectivity index (χ0v) is 14.4. The van der Waals surface area contributed by atoms with Gasteiger partial charge in [0.2, 0.25) is 5.91 Å². The molecule has 1 aliphatic rings. The smallest absolute Gasteiger partial charge is 0.241 e. The zero-order chi connectivity index (χ0) is 15.6. The van der Waals surface area contributed by atoms with Crippen LogP contribution in [0.1, 0.15) is 39.4 Å². The van der Waals surface area contributed by atoms with Gasteiger partial charge in [-0.05, 0) is 35.8 Å². The molecule has 1 aromatic rings. The number of carbonyl (C=O) groups is 1. The highest BCUT2D eigenvalue weighted by molar-refractivity contribution is 7.98. The van der Waals surface area contributed by atoms with E-state index in [0.717, 1.165) is 6.54 Å². The van der Waals surface area contributed by atoms with Gasteiger partial charge < -0.3 is 4.90 Å². The number of nitrogens with zero attached hydrogens (tertiary/aromatic N) is 1. The molecule has 1 saturated heterocycles. The average molecular weight is 306 g/mol. The van der Waals surface area contributed by atoms with Crippen molar-refractivity contribution in [1.82, 2.24) is 10.2 Å². The van der Waals surface area contributed by atoms with Crippen LogP contribution < -0.4 is 5.32 Å². The second-order valence-corrected chi connectivity index (χ2v) is 7.33. The van der Waals surface area contributed by atoms with E-state index in [0.29, 0.717) is 11.8 Å². The van der Waals surface area contributed by atoms with Gasteiger partial charge in [0, 0.05) is 11.4 Å². The van der Waals surface area contributed by atoms with Crippen LogP contribution in [-0.2, 0) is 4.79 Å². The van der Waals surface area contributed by atoms with Crippen molar-refractivity contribution in [3.05, 3.63) is 29.8 Å². The van der Waals surface area contributed by atoms with E-state index in [1.807, 2.05) is 4.90 Å². The minimum Gasteiger partial charge on any atom is -0.321 e. The number of thioether (sulfide) groups is 1. The van der Waals surface area contributed by atoms with Crippen molar-refractivity contribution in [2.75, 3.05) is 12.8 Å². The number of amides is 1. The first-order valence-electron chi connectivity index (χ1n) is 7.64. The first kappa shape index (κ1) is 16.4. The third-order valence-electron chi connectivity index (χ3n) is 3.86. The fraction of sp³-hybridized carbons (Fsp3) is 0.588. The summed E-state index contributed by atoms with van der Waals surface area (Å²) in [7, 11) is 0. The summed E-state index contributed by atoms with van der Waals surface area (Å²) in [5, 5.41) is 3.52. The van der Waals surface area contributed by atoms with E-state index in [2.05, 4.69) is 63.5 Å². The van der Waals surface area contributed by atoms with Gasteiger partial charge in [-0.1, -0.05) is 39.8 Å². The molecule has 4 heteroatoms. The van der Waals surface area contributed by atoms with E-state index in [4.69, 9.17) is 0 Å². The maximum absolute atomic E-state index is 12.6. The van der Waals surface area contributed by atoms with Gasteiger partial charge in [-0.2, -0.15) is 0 Å². The fourth-order valence-electron chi connectivity index (χ4n) is 2.77. The molecule has 21 heavy (non-hydrogen) atoms. The van der Waals surface area contributed by atoms with Crippen LogP contribution in [0, 0.1) is 11.8 Å². The van der Waals surface area contributed by atoms with Crippen LogP contribution in [0.15, 0.2) is 29.2 Å². The molecule has 0 aliphatic carbocycles. The van der Waals surface area contributed by atoms with E-state index in [9.17, 15) is 4.79 Å². The lowest BCUT2D eigenvalue weighted by atomic mass is 10.0. The normalized spacial score (nSPS) is 22.6. The molecule has 1 aliphatic heterocycles. The highest BCUT2D eigenvalue weighted by Gasteiger charge is 2.40. The van der Waals surface area contributed by atoms with Crippen molar-refractivity contribution >= 4 is 17.7 Å². The van der Waals surface area contributed by atoms with Crippen molar-refractivity contribution < 1.29 is 4.79 Å². The van der Waals surface area contributed by atoms with Crippen LogP contribution in [0.4, 0.5) is 0 Å². The van der Waals surface area contributed by atoms with Crippen LogP contribution in [0.2, 0.25) is 0 Å². The van der Waals surface area contributed by atoms with Crippen molar-refractivity contribution in [2.45, 2.75) is 44.8 Å². The van der Waals surface area contributed by atoms with Gasteiger partial charge in [-0.3, -0.25) is 10.1 Å². The lowest BCUT2D eigenvalue weighted by molar-refractivity contribution is -0.131. The Kier molecular flexibility index (Phi) is 5.33. The molecule has 1 N–H and O–H groups in total. The molecule has 2 unspecified atom stereocenters. The predicted molar refractivity (Wildman–Crippen MR) is 89.3 cm³/mol. The topological polar surface area (TPSA) is 32.3 Å². The maximum atomic E-state index is 12.6. The summed E-state index contributed by atoms with van der Waals surface area (Å²) in [5.41, 5.74) is 1.17. The van der Waals surface area contributed by atoms with Crippen molar-refractivity contribution in [3.8, 4) is 0 Å². The van der Waals surface area contributed by atoms with Crippen LogP contribution in [0.5, 0.6) is 0 Å². The second kappa shape index (κ2) is 6.84. The highest BCUT2D eigenvalue weighted by atomic mass is 32.2. The summed E-state index contributed by atoms with van der Waals surface area (Å²) in [6.07, 6.45) is 2.08. The maximum Gasteiger partial charge on any atom is 0.241 e. The van der Waals surface area contributed by atoms with Crippen LogP contribution in [-0.4, -0.2) is 29.6 Å². The van der Waals surface area contributed by atoms with Gasteiger partial charge in [-0.15, -0.1) is 11.8 Å². The largest absolute Gasteiger partial charge is 0.321 e. The van der Waals surface area contributed by atoms with E-state index in [1.54, 1.807) is 11.8 Å². The van der Waals surface area contributed by atoms with Gasteiger partial charge >= 0.3 is 0 Å². The fourth-order valence-corrected chi connectivity index (χ4v) is 3.17. The monoisotopic (exact) mass is 306 g/mol. The quantitative estimate of drug-likeness (QED) is 0.845. The third kappa shape index (κ3) is 3.61. The number of hydrogen-bond donors (Lipinski definition) is 1. The molecule has 3 nitrogen and oxygen atoms in total. The number of nitrogens with one attached hydrogen (secondary N) is 1. The minimum absolute atomic E-state index is 0.00297. The van der Waals surface area contributed by atoms with E-state index in [-0.39, 0.29) is 18.1 Å². The van der Waals surface area contributed by atoms with Crippen LogP contribution in [0.3, 0.4) is 0 Å². The summed E-state index contributed by atoms with van der Waals surface area (Å²) in [6, 6.07) is 8.44. The Labute approximate surface area is 132 Å². The molecule has 0 saturated carbocycles. The van der Waals surface area contributed by atoms with Crippen LogP contribution >= 0.6 is 11.8 Å². The molecule has 0 bridgehead atoms. The van der Waals surface area contributed by atoms with Gasteiger partial charge in [0.15, 0.2) is 0 Å². The molecule has 2 rings (SSSR count). The Morgan fingerprint density at radius 3 is 2.29 bits per heavy atom. The summed E-state index contributed by atoms with van der Waals surface area (Å²) >= 11 is 1.74. The summed E-state index contributed by atoms with van der Waals surface area (Å²) < 4.78 is 0. The van der Waals surface area contributed by atoms with E-state index in [1.165, 1.54) is 10.5 Å². The molecular weight excluding hydrogens is 280 g/mol. The molecule has 1 heterocycles. The molecular formula is C17H26N2OS. The molecule has 2 atom stereocenters. The molecule has 0 aromatic heterocycles.